The van der Waals surface area contributed by atoms with Gasteiger partial charge in [0.25, 0.3) is 0 Å². The van der Waals surface area contributed by atoms with Crippen LogP contribution < -0.4 is 49.5 Å². The average Bonchev–Trinajstić information content (AvgIpc) is 3.52. The molecule has 0 radical (unpaired) electrons. The zero-order valence-corrected chi connectivity index (χ0v) is 32.3. The van der Waals surface area contributed by atoms with Crippen LogP contribution in [0, 0.1) is 11.8 Å². The molecule has 0 saturated carbocycles. The fraction of sp³-hybridized carbons (Fsp3) is 0.556. The molecular formula is C36H57N11O9. The number of carbonyl (C=O) groups excluding carboxylic acids is 6. The van der Waals surface area contributed by atoms with E-state index in [2.05, 4.69) is 36.6 Å². The summed E-state index contributed by atoms with van der Waals surface area (Å²) < 4.78 is 0. The Morgan fingerprint density at radius 1 is 0.732 bits per heavy atom. The van der Waals surface area contributed by atoms with E-state index in [0.717, 1.165) is 16.5 Å². The molecule has 0 aliphatic carbocycles. The number of carbonyl (C=O) groups is 7. The fourth-order valence-electron chi connectivity index (χ4n) is 5.70. The van der Waals surface area contributed by atoms with Gasteiger partial charge in [-0.3, -0.25) is 33.8 Å². The van der Waals surface area contributed by atoms with Gasteiger partial charge in [0, 0.05) is 30.1 Å². The molecule has 1 heterocycles. The summed E-state index contributed by atoms with van der Waals surface area (Å²) in [5, 5.41) is 33.4. The smallest absolute Gasteiger partial charge is 0.326 e. The number of rotatable bonds is 23. The molecule has 7 atom stereocenters. The maximum atomic E-state index is 13.6. The monoisotopic (exact) mass is 787 g/mol. The molecule has 16 N–H and O–H groups in total. The second kappa shape index (κ2) is 22.0. The van der Waals surface area contributed by atoms with Gasteiger partial charge in [0.05, 0.1) is 12.1 Å². The van der Waals surface area contributed by atoms with Gasteiger partial charge in [0.1, 0.15) is 30.2 Å². The van der Waals surface area contributed by atoms with Crippen LogP contribution in [0.4, 0.5) is 0 Å². The molecule has 20 nitrogen and oxygen atoms in total. The van der Waals surface area contributed by atoms with Crippen molar-refractivity contribution in [2.24, 2.45) is 39.8 Å². The molecule has 56 heavy (non-hydrogen) atoms. The number of aromatic nitrogens is 1. The Kier molecular flexibility index (Phi) is 18.2. The van der Waals surface area contributed by atoms with Gasteiger partial charge in [-0.05, 0) is 56.1 Å². The van der Waals surface area contributed by atoms with Gasteiger partial charge in [-0.2, -0.15) is 0 Å². The first-order chi connectivity index (χ1) is 26.2. The van der Waals surface area contributed by atoms with E-state index in [4.69, 9.17) is 22.9 Å². The maximum Gasteiger partial charge on any atom is 0.326 e. The van der Waals surface area contributed by atoms with Gasteiger partial charge in [0.2, 0.25) is 35.4 Å². The van der Waals surface area contributed by atoms with Crippen molar-refractivity contribution in [1.82, 2.24) is 31.6 Å². The molecule has 0 saturated heterocycles. The summed E-state index contributed by atoms with van der Waals surface area (Å²) in [6.45, 7) is 7.67. The lowest BCUT2D eigenvalue weighted by Gasteiger charge is -2.29. The number of nitrogens with one attached hydrogen (secondary N) is 6. The molecule has 20 heteroatoms. The van der Waals surface area contributed by atoms with Crippen LogP contribution in [0.15, 0.2) is 35.5 Å². The lowest BCUT2D eigenvalue weighted by atomic mass is 10.00. The first-order valence-corrected chi connectivity index (χ1v) is 18.3. The van der Waals surface area contributed by atoms with E-state index in [0.29, 0.717) is 0 Å². The van der Waals surface area contributed by atoms with Gasteiger partial charge >= 0.3 is 5.97 Å². The van der Waals surface area contributed by atoms with Crippen molar-refractivity contribution in [3.8, 4) is 0 Å². The molecule has 0 bridgehead atoms. The van der Waals surface area contributed by atoms with Gasteiger partial charge in [0.15, 0.2) is 5.96 Å². The SMILES string of the molecule is CC(C)[C@H](NC(=O)[C@H](CCCN=C(N)N)NC(=O)[C@@H](NC(=O)[C@@H](NC(=O)[C@H](CCC(N)=O)NC(=O)[C@@H](N)Cc1c[nH]c2ccccc12)C(C)C)[C@@H](C)O)C(=O)O. The molecule has 1 aromatic heterocycles. The number of nitrogens with zero attached hydrogens (tertiary/aromatic N) is 1. The van der Waals surface area contributed by atoms with Gasteiger partial charge in [-0.1, -0.05) is 45.9 Å². The molecule has 0 unspecified atom stereocenters. The Balaban J connectivity index is 2.23. The summed E-state index contributed by atoms with van der Waals surface area (Å²) in [5.74, 6) is -7.61. The number of aromatic amines is 1. The predicted octanol–water partition coefficient (Wildman–Crippen LogP) is -2.44. The number of guanidine groups is 1. The second-order valence-corrected chi connectivity index (χ2v) is 14.3. The number of fused-ring (bicyclic) bond motifs is 1. The highest BCUT2D eigenvalue weighted by Crippen LogP contribution is 2.19. The van der Waals surface area contributed by atoms with E-state index >= 15 is 0 Å². The first kappa shape index (κ1) is 46.4. The van der Waals surface area contributed by atoms with Crippen LogP contribution in [0.25, 0.3) is 10.9 Å². The van der Waals surface area contributed by atoms with Gasteiger partial charge in [-0.15, -0.1) is 0 Å². The third-order valence-electron chi connectivity index (χ3n) is 8.88. The van der Waals surface area contributed by atoms with Crippen LogP contribution in [0.2, 0.25) is 0 Å². The van der Waals surface area contributed by atoms with Crippen LogP contribution in [0.5, 0.6) is 0 Å². The van der Waals surface area contributed by atoms with Crippen molar-refractivity contribution in [2.75, 3.05) is 6.54 Å². The molecule has 6 amide bonds. The number of H-pyrrole nitrogens is 1. The topological polar surface area (TPSA) is 352 Å². The summed E-state index contributed by atoms with van der Waals surface area (Å²) >= 11 is 0. The summed E-state index contributed by atoms with van der Waals surface area (Å²) in [6, 6.07) is -0.589. The quantitative estimate of drug-likeness (QED) is 0.0318. The van der Waals surface area contributed by atoms with Crippen LogP contribution in [0.1, 0.15) is 65.9 Å². The standard InChI is InChI=1S/C36H57N11O9/c1-17(2)27(45-32(52)25(12-13-26(38)49)43-30(50)22(37)15-20-16-42-23-10-7-6-9-21(20)23)33(53)47-29(19(5)48)34(54)44-24(11-8-14-41-36(39)40)31(51)46-28(18(3)4)35(55)56/h6-7,9-10,16-19,22,24-25,27-29,42,48H,8,11-15,37H2,1-5H3,(H2,38,49)(H,43,50)(H,44,54)(H,45,52)(H,46,51)(H,47,53)(H,55,56)(H4,39,40,41)/t19-,22+,24+,25+,27+,28+,29+/m1/s1. The third kappa shape index (κ3) is 14.5. The van der Waals surface area contributed by atoms with Crippen molar-refractivity contribution in [1.29, 1.82) is 0 Å². The van der Waals surface area contributed by atoms with E-state index < -0.39 is 95.6 Å². The number of benzene rings is 1. The Labute approximate surface area is 324 Å². The summed E-state index contributed by atoms with van der Waals surface area (Å²) in [4.78, 5) is 97.6. The minimum absolute atomic E-state index is 0.0478. The number of carboxylic acids is 1. The molecule has 0 spiro atoms. The summed E-state index contributed by atoms with van der Waals surface area (Å²) in [7, 11) is 0. The second-order valence-electron chi connectivity index (χ2n) is 14.3. The molecule has 2 aromatic rings. The van der Waals surface area contributed by atoms with E-state index in [-0.39, 0.29) is 44.6 Å². The predicted molar refractivity (Wildman–Crippen MR) is 207 cm³/mol. The fourth-order valence-corrected chi connectivity index (χ4v) is 5.70. The van der Waals surface area contributed by atoms with Crippen molar-refractivity contribution >= 4 is 58.3 Å². The highest BCUT2D eigenvalue weighted by Gasteiger charge is 2.36. The number of aliphatic hydroxyl groups excluding tert-OH is 1. The number of hydrogen-bond acceptors (Lipinski definition) is 10. The molecule has 2 rings (SSSR count). The van der Waals surface area contributed by atoms with Gasteiger partial charge < -0.3 is 64.7 Å². The minimum atomic E-state index is -1.65. The van der Waals surface area contributed by atoms with E-state index in [1.54, 1.807) is 33.9 Å². The number of carboxylic acid groups (broad SMARTS) is 1. The van der Waals surface area contributed by atoms with Crippen molar-refractivity contribution in [2.45, 2.75) is 109 Å². The maximum absolute atomic E-state index is 13.6. The lowest BCUT2D eigenvalue weighted by molar-refractivity contribution is -0.143. The average molecular weight is 788 g/mol. The summed E-state index contributed by atoms with van der Waals surface area (Å²) in [6.07, 6.45) is -0.0352. The Morgan fingerprint density at radius 2 is 1.27 bits per heavy atom. The van der Waals surface area contributed by atoms with E-state index in [1.165, 1.54) is 6.92 Å². The zero-order chi connectivity index (χ0) is 42.3. The van der Waals surface area contributed by atoms with Crippen LogP contribution >= 0.6 is 0 Å². The Hall–Kier alpha value is -5.76. The van der Waals surface area contributed by atoms with E-state index in [1.807, 2.05) is 24.3 Å². The largest absolute Gasteiger partial charge is 0.480 e. The lowest BCUT2D eigenvalue weighted by Crippen LogP contribution is -2.62. The molecule has 0 fully saturated rings. The molecule has 0 aliphatic rings. The number of aliphatic imine (C=N–C) groups is 1. The number of nitrogens with two attached hydrogens (primary N) is 4. The van der Waals surface area contributed by atoms with Crippen LogP contribution in [-0.4, -0.2) is 111 Å². The molecule has 0 aliphatic heterocycles. The number of aliphatic carboxylic acids is 1. The zero-order valence-electron chi connectivity index (χ0n) is 32.3. The van der Waals surface area contributed by atoms with Crippen molar-refractivity contribution in [3.63, 3.8) is 0 Å². The highest BCUT2D eigenvalue weighted by atomic mass is 16.4. The third-order valence-corrected chi connectivity index (χ3v) is 8.88. The molecule has 1 aromatic carbocycles. The Morgan fingerprint density at radius 3 is 1.82 bits per heavy atom. The van der Waals surface area contributed by atoms with Crippen molar-refractivity contribution < 1.29 is 43.8 Å². The number of primary amides is 1. The number of aliphatic hydroxyl groups is 1. The highest BCUT2D eigenvalue weighted by molar-refractivity contribution is 5.97. The molecule has 310 valence electrons. The van der Waals surface area contributed by atoms with Gasteiger partial charge in [-0.25, -0.2) is 4.79 Å². The number of hydrogen-bond donors (Lipinski definition) is 12. The Bertz CT molecular complexity index is 1720. The first-order valence-electron chi connectivity index (χ1n) is 18.3. The minimum Gasteiger partial charge on any atom is -0.480 e. The van der Waals surface area contributed by atoms with Crippen LogP contribution in [0.3, 0.4) is 0 Å². The normalized spacial score (nSPS) is 15.0. The van der Waals surface area contributed by atoms with E-state index in [9.17, 15) is 43.8 Å². The number of amides is 6. The molecular weight excluding hydrogens is 730 g/mol. The van der Waals surface area contributed by atoms with Crippen molar-refractivity contribution in [3.05, 3.63) is 36.0 Å². The van der Waals surface area contributed by atoms with Crippen LogP contribution in [-0.2, 0) is 40.0 Å². The number of para-hydroxylation sites is 1. The summed E-state index contributed by atoms with van der Waals surface area (Å²) in [5.41, 5.74) is 23.9.